The van der Waals surface area contributed by atoms with Gasteiger partial charge in [-0.15, -0.1) is 0 Å². The van der Waals surface area contributed by atoms with Crippen LogP contribution in [0.15, 0.2) is 63.8 Å². The highest BCUT2D eigenvalue weighted by molar-refractivity contribution is 5.93. The molecule has 14 heteroatoms. The zero-order chi connectivity index (χ0) is 31.9. The number of aliphatic hydroxyl groups is 4. The van der Waals surface area contributed by atoms with Gasteiger partial charge in [0.05, 0.1) is 12.2 Å². The number of carbonyl (C=O) groups excluding carboxylic acids is 1. The molecule has 44 heavy (non-hydrogen) atoms. The number of hydrogen-bond acceptors (Lipinski definition) is 14. The molecule has 1 aromatic heterocycles. The number of rotatable bonds is 6. The molecule has 0 spiro atoms. The van der Waals surface area contributed by atoms with Crippen LogP contribution in [0.5, 0.6) is 34.5 Å². The van der Waals surface area contributed by atoms with Crippen LogP contribution in [-0.4, -0.2) is 83.0 Å². The molecule has 1 saturated heterocycles. The molecular weight excluding hydrogens is 584 g/mol. The third-order valence-electron chi connectivity index (χ3n) is 7.04. The third kappa shape index (κ3) is 5.62. The highest BCUT2D eigenvalue weighted by atomic mass is 16.6. The number of fused-ring (bicyclic) bond motifs is 1. The summed E-state index contributed by atoms with van der Waals surface area (Å²) in [6.45, 7) is -0.809. The molecule has 5 rings (SSSR count). The molecule has 5 unspecified atom stereocenters. The molecule has 2 heterocycles. The van der Waals surface area contributed by atoms with Gasteiger partial charge in [0.1, 0.15) is 53.2 Å². The van der Waals surface area contributed by atoms with Gasteiger partial charge in [0.15, 0.2) is 34.0 Å². The van der Waals surface area contributed by atoms with Crippen molar-refractivity contribution in [3.05, 3.63) is 76.0 Å². The van der Waals surface area contributed by atoms with Crippen molar-refractivity contribution in [3.8, 4) is 45.8 Å². The van der Waals surface area contributed by atoms with E-state index in [0.29, 0.717) is 5.56 Å². The molecule has 1 fully saturated rings. The van der Waals surface area contributed by atoms with Crippen molar-refractivity contribution in [2.75, 3.05) is 6.61 Å². The Morgan fingerprint density at radius 3 is 2.16 bits per heavy atom. The monoisotopic (exact) mass is 610 g/mol. The Morgan fingerprint density at radius 1 is 0.818 bits per heavy atom. The summed E-state index contributed by atoms with van der Waals surface area (Å²) in [6, 6.07) is 9.11. The largest absolute Gasteiger partial charge is 0.507 e. The fourth-order valence-electron chi connectivity index (χ4n) is 4.78. The molecule has 3 aromatic carbocycles. The normalized spacial score (nSPS) is 22.0. The summed E-state index contributed by atoms with van der Waals surface area (Å²) in [4.78, 5) is 26.1. The van der Waals surface area contributed by atoms with Crippen molar-refractivity contribution in [1.82, 2.24) is 0 Å². The van der Waals surface area contributed by atoms with E-state index in [1.54, 1.807) is 0 Å². The van der Waals surface area contributed by atoms with Gasteiger partial charge < -0.3 is 59.8 Å². The number of aliphatic hydroxyl groups excluding tert-OH is 4. The van der Waals surface area contributed by atoms with Crippen molar-refractivity contribution >= 4 is 23.0 Å². The first-order valence-corrected chi connectivity index (χ1v) is 13.0. The fraction of sp³-hybridized carbons (Fsp3) is 0.200. The fourth-order valence-corrected chi connectivity index (χ4v) is 4.78. The zero-order valence-electron chi connectivity index (χ0n) is 22.4. The smallest absolute Gasteiger partial charge is 0.336 e. The van der Waals surface area contributed by atoms with Crippen LogP contribution in [0.3, 0.4) is 0 Å². The van der Waals surface area contributed by atoms with E-state index in [4.69, 9.17) is 13.9 Å². The van der Waals surface area contributed by atoms with E-state index in [9.17, 15) is 55.5 Å². The average molecular weight is 611 g/mol. The number of carbonyl (C=O) groups is 1. The minimum atomic E-state index is -1.93. The van der Waals surface area contributed by atoms with Crippen LogP contribution < -0.4 is 10.2 Å². The molecule has 0 radical (unpaired) electrons. The molecule has 0 saturated carbocycles. The van der Waals surface area contributed by atoms with Crippen molar-refractivity contribution in [2.45, 2.75) is 30.5 Å². The lowest BCUT2D eigenvalue weighted by atomic mass is 9.89. The SMILES string of the molecule is O=C(C=Cc1ccc(O)c(O)c1)Oc1cc(O)c2c(=O)cc(-c3ccc(O)c(O)c3)oc2c1C1OC(CO)C(O)C(O)C1O. The van der Waals surface area contributed by atoms with Crippen LogP contribution in [0.25, 0.3) is 28.4 Å². The Hall–Kier alpha value is -5.12. The Labute approximate surface area is 246 Å². The van der Waals surface area contributed by atoms with Gasteiger partial charge in [0.2, 0.25) is 0 Å². The van der Waals surface area contributed by atoms with Crippen LogP contribution in [0.2, 0.25) is 0 Å². The van der Waals surface area contributed by atoms with E-state index in [1.165, 1.54) is 24.3 Å². The summed E-state index contributed by atoms with van der Waals surface area (Å²) in [7, 11) is 0. The van der Waals surface area contributed by atoms with E-state index in [0.717, 1.165) is 36.4 Å². The minimum Gasteiger partial charge on any atom is -0.507 e. The molecule has 230 valence electrons. The summed E-state index contributed by atoms with van der Waals surface area (Å²) >= 11 is 0. The molecule has 4 aromatic rings. The van der Waals surface area contributed by atoms with Crippen LogP contribution in [-0.2, 0) is 9.53 Å². The number of phenolic OH excluding ortho intramolecular Hbond substituents is 5. The lowest BCUT2D eigenvalue weighted by Gasteiger charge is -2.40. The molecule has 5 atom stereocenters. The van der Waals surface area contributed by atoms with Crippen molar-refractivity contribution in [3.63, 3.8) is 0 Å². The lowest BCUT2D eigenvalue weighted by molar-refractivity contribution is -0.231. The topological polar surface area (TPSA) is 248 Å². The highest BCUT2D eigenvalue weighted by Crippen LogP contribution is 2.44. The Bertz CT molecular complexity index is 1830. The van der Waals surface area contributed by atoms with E-state index in [1.807, 2.05) is 0 Å². The number of esters is 1. The van der Waals surface area contributed by atoms with Gasteiger partial charge in [-0.2, -0.15) is 0 Å². The predicted molar refractivity (Wildman–Crippen MR) is 150 cm³/mol. The average Bonchev–Trinajstić information content (AvgIpc) is 2.98. The van der Waals surface area contributed by atoms with E-state index in [-0.39, 0.29) is 22.6 Å². The van der Waals surface area contributed by atoms with Crippen molar-refractivity contribution < 1.29 is 64.6 Å². The molecule has 1 aliphatic heterocycles. The molecule has 0 amide bonds. The Kier molecular flexibility index (Phi) is 8.19. The zero-order valence-corrected chi connectivity index (χ0v) is 22.4. The first-order valence-electron chi connectivity index (χ1n) is 13.0. The molecule has 0 bridgehead atoms. The molecular formula is C30H26O14. The van der Waals surface area contributed by atoms with Gasteiger partial charge in [-0.1, -0.05) is 6.07 Å². The summed E-state index contributed by atoms with van der Waals surface area (Å²) in [5, 5.41) is 90.7. The Balaban J connectivity index is 1.68. The molecule has 9 N–H and O–H groups in total. The summed E-state index contributed by atoms with van der Waals surface area (Å²) in [6.07, 6.45) is -6.54. The van der Waals surface area contributed by atoms with Gasteiger partial charge in [-0.25, -0.2) is 4.79 Å². The van der Waals surface area contributed by atoms with Gasteiger partial charge in [0, 0.05) is 23.8 Å². The number of phenols is 5. The summed E-state index contributed by atoms with van der Waals surface area (Å²) < 4.78 is 17.0. The van der Waals surface area contributed by atoms with Crippen LogP contribution >= 0.6 is 0 Å². The predicted octanol–water partition coefficient (Wildman–Crippen LogP) is 1.12. The standard InChI is InChI=1S/C30H26O14/c31-11-22-26(39)27(40)28(41)30(44-22)25-21(42-23(38)6-2-12-1-4-14(32)16(34)7-12)10-19(37)24-18(36)9-20(43-29(24)25)13-3-5-15(33)17(35)8-13/h1-10,22,26-28,30-35,37,39-41H,11H2. The molecule has 1 aliphatic rings. The first kappa shape index (κ1) is 30.3. The minimum absolute atomic E-state index is 0.0982. The van der Waals surface area contributed by atoms with E-state index >= 15 is 0 Å². The summed E-state index contributed by atoms with van der Waals surface area (Å²) in [5.41, 5.74) is -1.26. The maximum atomic E-state index is 13.2. The maximum Gasteiger partial charge on any atom is 0.336 e. The first-order chi connectivity index (χ1) is 20.9. The van der Waals surface area contributed by atoms with Crippen molar-refractivity contribution in [2.24, 2.45) is 0 Å². The van der Waals surface area contributed by atoms with E-state index < -0.39 is 88.2 Å². The maximum absolute atomic E-state index is 13.2. The van der Waals surface area contributed by atoms with Crippen LogP contribution in [0, 0.1) is 0 Å². The number of benzene rings is 3. The molecule has 14 nitrogen and oxygen atoms in total. The highest BCUT2D eigenvalue weighted by Gasteiger charge is 2.46. The number of ether oxygens (including phenoxy) is 2. The number of hydrogen-bond donors (Lipinski definition) is 9. The van der Waals surface area contributed by atoms with Crippen LogP contribution in [0.4, 0.5) is 0 Å². The second-order valence-corrected chi connectivity index (χ2v) is 9.94. The number of aromatic hydroxyl groups is 5. The second-order valence-electron chi connectivity index (χ2n) is 9.94. The Morgan fingerprint density at radius 2 is 1.50 bits per heavy atom. The van der Waals surface area contributed by atoms with Gasteiger partial charge in [-0.3, -0.25) is 4.79 Å². The van der Waals surface area contributed by atoms with Gasteiger partial charge in [-0.05, 0) is 42.0 Å². The van der Waals surface area contributed by atoms with Crippen molar-refractivity contribution in [1.29, 1.82) is 0 Å². The second kappa shape index (κ2) is 11.9. The molecule has 0 aliphatic carbocycles. The third-order valence-corrected chi connectivity index (χ3v) is 7.04. The summed E-state index contributed by atoms with van der Waals surface area (Å²) in [5.74, 6) is -4.31. The van der Waals surface area contributed by atoms with E-state index in [2.05, 4.69) is 0 Å². The van der Waals surface area contributed by atoms with Gasteiger partial charge >= 0.3 is 5.97 Å². The quantitative estimate of drug-likeness (QED) is 0.0643. The lowest BCUT2D eigenvalue weighted by Crippen LogP contribution is -2.55. The van der Waals surface area contributed by atoms with Crippen LogP contribution in [0.1, 0.15) is 17.2 Å². The van der Waals surface area contributed by atoms with Gasteiger partial charge in [0.25, 0.3) is 0 Å².